The van der Waals surface area contributed by atoms with Gasteiger partial charge in [-0.25, -0.2) is 5.84 Å². The molecule has 112 valence electrons. The lowest BCUT2D eigenvalue weighted by atomic mass is 10.4. The van der Waals surface area contributed by atoms with E-state index in [1.807, 2.05) is 18.2 Å². The smallest absolute Gasteiger partial charge is 0.193 e. The van der Waals surface area contributed by atoms with Crippen LogP contribution in [0.3, 0.4) is 0 Å². The first kappa shape index (κ1) is 16.9. The summed E-state index contributed by atoms with van der Waals surface area (Å²) in [5, 5.41) is 6.86. The SMILES string of the molecule is NN[P+](c1ccccc1)(c1ccccc1)c1ccccc1.[Br-]. The molecule has 0 bridgehead atoms. The highest BCUT2D eigenvalue weighted by Crippen LogP contribution is 2.49. The fourth-order valence-corrected chi connectivity index (χ4v) is 5.83. The number of hydrogen-bond donors (Lipinski definition) is 2. The van der Waals surface area contributed by atoms with Gasteiger partial charge < -0.3 is 17.0 Å². The monoisotopic (exact) mass is 372 g/mol. The lowest BCUT2D eigenvalue weighted by Gasteiger charge is -2.25. The Morgan fingerprint density at radius 2 is 0.818 bits per heavy atom. The predicted octanol–water partition coefficient (Wildman–Crippen LogP) is -0.637. The molecule has 0 heterocycles. The van der Waals surface area contributed by atoms with Gasteiger partial charge >= 0.3 is 0 Å². The van der Waals surface area contributed by atoms with E-state index in [0.717, 1.165) is 0 Å². The third-order valence-corrected chi connectivity index (χ3v) is 7.23. The molecular formula is C18H18BrN2P. The van der Waals surface area contributed by atoms with E-state index in [-0.39, 0.29) is 17.0 Å². The molecule has 0 fully saturated rings. The van der Waals surface area contributed by atoms with Crippen LogP contribution in [0.4, 0.5) is 0 Å². The molecule has 3 rings (SSSR count). The van der Waals surface area contributed by atoms with Crippen molar-refractivity contribution in [3.05, 3.63) is 91.0 Å². The fraction of sp³-hybridized carbons (Fsp3) is 0. The van der Waals surface area contributed by atoms with E-state index in [2.05, 4.69) is 78.0 Å². The summed E-state index contributed by atoms with van der Waals surface area (Å²) in [5.41, 5.74) is 0. The molecule has 3 aromatic rings. The molecule has 4 heteroatoms. The van der Waals surface area contributed by atoms with E-state index >= 15 is 0 Å². The molecule has 0 aliphatic rings. The van der Waals surface area contributed by atoms with Crippen molar-refractivity contribution in [3.63, 3.8) is 0 Å². The molecule has 0 unspecified atom stereocenters. The van der Waals surface area contributed by atoms with Gasteiger partial charge in [-0.1, -0.05) is 54.6 Å². The molecule has 3 N–H and O–H groups in total. The molecule has 0 aliphatic carbocycles. The van der Waals surface area contributed by atoms with Crippen LogP contribution in [0.2, 0.25) is 0 Å². The zero-order valence-electron chi connectivity index (χ0n) is 12.1. The summed E-state index contributed by atoms with van der Waals surface area (Å²) >= 11 is 0. The third kappa shape index (κ3) is 2.99. The molecule has 22 heavy (non-hydrogen) atoms. The van der Waals surface area contributed by atoms with Crippen LogP contribution in [-0.2, 0) is 0 Å². The third-order valence-electron chi connectivity index (χ3n) is 3.62. The van der Waals surface area contributed by atoms with E-state index in [4.69, 9.17) is 5.84 Å². The minimum Gasteiger partial charge on any atom is -1.00 e. The number of halogens is 1. The lowest BCUT2D eigenvalue weighted by Crippen LogP contribution is -3.00. The summed E-state index contributed by atoms with van der Waals surface area (Å²) < 4.78 is 0. The average Bonchev–Trinajstić information content (AvgIpc) is 2.59. The fourth-order valence-electron chi connectivity index (χ4n) is 2.63. The molecule has 3 aromatic carbocycles. The number of hydrazine groups is 1. The molecule has 0 saturated carbocycles. The highest BCUT2D eigenvalue weighted by Gasteiger charge is 2.44. The van der Waals surface area contributed by atoms with E-state index in [9.17, 15) is 0 Å². The van der Waals surface area contributed by atoms with Crippen LogP contribution in [0.1, 0.15) is 0 Å². The van der Waals surface area contributed by atoms with Crippen LogP contribution in [0.5, 0.6) is 0 Å². The molecular weight excluding hydrogens is 355 g/mol. The van der Waals surface area contributed by atoms with E-state index in [1.54, 1.807) is 0 Å². The van der Waals surface area contributed by atoms with Crippen LogP contribution >= 0.6 is 7.41 Å². The summed E-state index contributed by atoms with van der Waals surface area (Å²) in [6, 6.07) is 31.4. The minimum absolute atomic E-state index is 0. The van der Waals surface area contributed by atoms with Crippen LogP contribution in [0.25, 0.3) is 0 Å². The van der Waals surface area contributed by atoms with Gasteiger partial charge in [-0.3, -0.25) is 0 Å². The average molecular weight is 373 g/mol. The molecule has 2 nitrogen and oxygen atoms in total. The van der Waals surface area contributed by atoms with Gasteiger partial charge in [0, 0.05) is 0 Å². The topological polar surface area (TPSA) is 38.0 Å². The standard InChI is InChI=1S/C18H18N2P.BrH/c19-20-21(16-10-4-1-5-11-16,17-12-6-2-7-13-17)18-14-8-3-9-15-18;/h1-15,20H,19H2;1H/q+1;/p-1. The Morgan fingerprint density at radius 3 is 1.05 bits per heavy atom. The predicted molar refractivity (Wildman–Crippen MR) is 92.5 cm³/mol. The molecule has 0 spiro atoms. The summed E-state index contributed by atoms with van der Waals surface area (Å²) in [6.07, 6.45) is 0. The first-order valence-electron chi connectivity index (χ1n) is 6.92. The van der Waals surface area contributed by atoms with Crippen LogP contribution in [0, 0.1) is 0 Å². The second kappa shape index (κ2) is 7.66. The highest BCUT2D eigenvalue weighted by atomic mass is 79.9. The van der Waals surface area contributed by atoms with Gasteiger partial charge in [-0.05, 0) is 36.4 Å². The van der Waals surface area contributed by atoms with Gasteiger partial charge in [0.25, 0.3) is 0 Å². The van der Waals surface area contributed by atoms with Crippen molar-refractivity contribution in [1.29, 1.82) is 0 Å². The van der Waals surface area contributed by atoms with Crippen LogP contribution < -0.4 is 43.9 Å². The van der Waals surface area contributed by atoms with Gasteiger partial charge in [-0.2, -0.15) is 0 Å². The molecule has 0 amide bonds. The minimum atomic E-state index is -2.01. The molecule has 0 aromatic heterocycles. The maximum atomic E-state index is 6.10. The number of benzene rings is 3. The van der Waals surface area contributed by atoms with Crippen molar-refractivity contribution < 1.29 is 17.0 Å². The van der Waals surface area contributed by atoms with Crippen LogP contribution in [-0.4, -0.2) is 0 Å². The lowest BCUT2D eigenvalue weighted by molar-refractivity contribution is -0.00000416. The van der Waals surface area contributed by atoms with Crippen molar-refractivity contribution in [1.82, 2.24) is 5.20 Å². The maximum Gasteiger partial charge on any atom is 0.193 e. The Bertz CT molecular complexity index is 593. The Kier molecular flexibility index (Phi) is 5.87. The summed E-state index contributed by atoms with van der Waals surface area (Å²) in [6.45, 7) is 0. The number of nitrogens with one attached hydrogen (secondary N) is 1. The molecule has 0 saturated heterocycles. The largest absolute Gasteiger partial charge is 1.00 e. The van der Waals surface area contributed by atoms with Crippen LogP contribution in [0.15, 0.2) is 91.0 Å². The van der Waals surface area contributed by atoms with Gasteiger partial charge in [0.15, 0.2) is 7.41 Å². The summed E-state index contributed by atoms with van der Waals surface area (Å²) in [7, 11) is -2.01. The van der Waals surface area contributed by atoms with Crippen molar-refractivity contribution in [2.24, 2.45) is 5.84 Å². The first-order chi connectivity index (χ1) is 10.4. The van der Waals surface area contributed by atoms with Gasteiger partial charge in [0.2, 0.25) is 0 Å². The Hall–Kier alpha value is -1.51. The number of rotatable bonds is 4. The van der Waals surface area contributed by atoms with Crippen molar-refractivity contribution in [2.75, 3.05) is 0 Å². The van der Waals surface area contributed by atoms with Crippen molar-refractivity contribution in [3.8, 4) is 0 Å². The van der Waals surface area contributed by atoms with Gasteiger partial charge in [0.05, 0.1) is 0 Å². The Balaban J connectivity index is 0.00000176. The molecule has 0 radical (unpaired) electrons. The van der Waals surface area contributed by atoms with Crippen molar-refractivity contribution >= 4 is 23.3 Å². The van der Waals surface area contributed by atoms with Gasteiger partial charge in [-0.15, -0.1) is 5.20 Å². The van der Waals surface area contributed by atoms with Gasteiger partial charge in [0.1, 0.15) is 15.9 Å². The normalized spacial score (nSPS) is 10.8. The van der Waals surface area contributed by atoms with Crippen molar-refractivity contribution in [2.45, 2.75) is 0 Å². The number of nitrogens with two attached hydrogens (primary N) is 1. The van der Waals surface area contributed by atoms with E-state index < -0.39 is 7.41 Å². The molecule has 0 atom stereocenters. The zero-order chi connectivity index (χ0) is 14.5. The maximum absolute atomic E-state index is 6.10. The second-order valence-electron chi connectivity index (χ2n) is 4.81. The van der Waals surface area contributed by atoms with E-state index in [1.165, 1.54) is 15.9 Å². The zero-order valence-corrected chi connectivity index (χ0v) is 14.5. The Morgan fingerprint density at radius 1 is 0.545 bits per heavy atom. The number of hydrogen-bond acceptors (Lipinski definition) is 2. The quantitative estimate of drug-likeness (QED) is 0.363. The second-order valence-corrected chi connectivity index (χ2v) is 7.96. The highest BCUT2D eigenvalue weighted by molar-refractivity contribution is 7.94. The van der Waals surface area contributed by atoms with E-state index in [0.29, 0.717) is 0 Å². The summed E-state index contributed by atoms with van der Waals surface area (Å²) in [5.74, 6) is 6.10. The summed E-state index contributed by atoms with van der Waals surface area (Å²) in [4.78, 5) is 0. The Labute approximate surface area is 142 Å². The first-order valence-corrected chi connectivity index (χ1v) is 8.70. The molecule has 0 aliphatic heterocycles.